The molecule has 0 bridgehead atoms. The van der Waals surface area contributed by atoms with E-state index in [1.807, 2.05) is 0 Å². The van der Waals surface area contributed by atoms with E-state index in [0.717, 1.165) is 0 Å². The van der Waals surface area contributed by atoms with E-state index in [-0.39, 0.29) is 30.7 Å². The van der Waals surface area contributed by atoms with Gasteiger partial charge in [0.05, 0.1) is 31.1 Å². The zero-order valence-corrected chi connectivity index (χ0v) is 13.5. The van der Waals surface area contributed by atoms with Gasteiger partial charge >= 0.3 is 12.4 Å². The van der Waals surface area contributed by atoms with Gasteiger partial charge in [0.1, 0.15) is 0 Å². The van der Waals surface area contributed by atoms with Gasteiger partial charge in [0.2, 0.25) is 5.95 Å². The number of esters is 1. The van der Waals surface area contributed by atoms with Crippen LogP contribution in [0.25, 0.3) is 11.2 Å². The Morgan fingerprint density at radius 2 is 2.00 bits per heavy atom. The summed E-state index contributed by atoms with van der Waals surface area (Å²) in [5.41, 5.74) is 6.09. The maximum atomic E-state index is 12.0. The number of ether oxygens (including phenoxy) is 3. The molecule has 0 spiro atoms. The highest BCUT2D eigenvalue weighted by Gasteiger charge is 2.28. The Hall–Kier alpha value is -3.24. The number of aromatic amines is 1. The van der Waals surface area contributed by atoms with E-state index in [1.54, 1.807) is 34.9 Å². The van der Waals surface area contributed by atoms with Gasteiger partial charge in [-0.1, -0.05) is 18.2 Å². The average molecular weight is 357 g/mol. The zero-order valence-electron chi connectivity index (χ0n) is 13.5. The van der Waals surface area contributed by atoms with Crippen molar-refractivity contribution in [2.24, 2.45) is 0 Å². The molecule has 0 aliphatic carbocycles. The molecule has 3 N–H and O–H groups in total. The van der Waals surface area contributed by atoms with Gasteiger partial charge in [-0.05, 0) is 12.1 Å². The van der Waals surface area contributed by atoms with Gasteiger partial charge in [-0.2, -0.15) is 4.98 Å². The molecule has 2 aromatic heterocycles. The molecule has 0 unspecified atom stereocenters. The third-order valence-electron chi connectivity index (χ3n) is 3.91. The second-order valence-electron chi connectivity index (χ2n) is 5.66. The highest BCUT2D eigenvalue weighted by atomic mass is 16.9. The lowest BCUT2D eigenvalue weighted by atomic mass is 10.2. The fourth-order valence-corrected chi connectivity index (χ4v) is 2.64. The molecule has 134 valence electrons. The summed E-state index contributed by atoms with van der Waals surface area (Å²) in [6, 6.07) is 8.26. The number of imidazole rings is 1. The number of rotatable bonds is 3. The summed E-state index contributed by atoms with van der Waals surface area (Å²) in [6.07, 6.45) is 1.47. The van der Waals surface area contributed by atoms with Crippen LogP contribution < -0.4 is 11.3 Å². The number of aromatic nitrogens is 4. The predicted molar refractivity (Wildman–Crippen MR) is 89.1 cm³/mol. The lowest BCUT2D eigenvalue weighted by Gasteiger charge is -2.29. The van der Waals surface area contributed by atoms with Crippen LogP contribution in [0.1, 0.15) is 16.4 Å². The minimum atomic E-state index is -1.10. The normalized spacial score (nSPS) is 20.2. The van der Waals surface area contributed by atoms with Gasteiger partial charge in [0, 0.05) is 0 Å². The standard InChI is InChI=1S/C16H15N5O5/c17-15-19-12-11(13(22)20-15)18-8-21(12)10-6-24-16(25-7-10)26-14(23)9-4-2-1-3-5-9/h1-5,8,10,16H,6-7H2,(H3,17,19,20,22). The maximum absolute atomic E-state index is 12.0. The summed E-state index contributed by atoms with van der Waals surface area (Å²) in [5.74, 6) is -0.542. The summed E-state index contributed by atoms with van der Waals surface area (Å²) in [5, 5.41) is 0. The molecule has 0 radical (unpaired) electrons. The van der Waals surface area contributed by atoms with E-state index in [0.29, 0.717) is 11.2 Å². The number of benzene rings is 1. The van der Waals surface area contributed by atoms with E-state index in [4.69, 9.17) is 19.9 Å². The summed E-state index contributed by atoms with van der Waals surface area (Å²) in [7, 11) is 0. The molecule has 1 aromatic carbocycles. The van der Waals surface area contributed by atoms with Crippen molar-refractivity contribution in [3.8, 4) is 0 Å². The number of nitrogen functional groups attached to an aromatic ring is 1. The molecule has 0 amide bonds. The Morgan fingerprint density at radius 1 is 1.27 bits per heavy atom. The van der Waals surface area contributed by atoms with Crippen LogP contribution in [0.4, 0.5) is 5.95 Å². The minimum Gasteiger partial charge on any atom is -0.407 e. The van der Waals surface area contributed by atoms with Crippen molar-refractivity contribution >= 4 is 23.1 Å². The molecule has 0 saturated carbocycles. The van der Waals surface area contributed by atoms with Crippen molar-refractivity contribution in [1.82, 2.24) is 19.5 Å². The number of nitrogens with zero attached hydrogens (tertiary/aromatic N) is 3. The van der Waals surface area contributed by atoms with Crippen LogP contribution in [0, 0.1) is 0 Å². The first-order valence-electron chi connectivity index (χ1n) is 7.83. The van der Waals surface area contributed by atoms with Gasteiger partial charge in [0.15, 0.2) is 11.2 Å². The summed E-state index contributed by atoms with van der Waals surface area (Å²) in [6.45, 7) is -0.728. The van der Waals surface area contributed by atoms with Crippen LogP contribution in [0.5, 0.6) is 0 Å². The fraction of sp³-hybridized carbons (Fsp3) is 0.250. The van der Waals surface area contributed by atoms with Crippen LogP contribution in [0.15, 0.2) is 41.5 Å². The van der Waals surface area contributed by atoms with Gasteiger partial charge in [-0.25, -0.2) is 9.78 Å². The Morgan fingerprint density at radius 3 is 2.73 bits per heavy atom. The Balaban J connectivity index is 1.44. The number of hydrogen-bond donors (Lipinski definition) is 2. The van der Waals surface area contributed by atoms with E-state index < -0.39 is 18.0 Å². The number of carbonyl (C=O) groups is 1. The second kappa shape index (κ2) is 6.58. The molecule has 1 saturated heterocycles. The molecule has 10 heteroatoms. The zero-order chi connectivity index (χ0) is 18.1. The summed E-state index contributed by atoms with van der Waals surface area (Å²) in [4.78, 5) is 34.4. The molecule has 1 fully saturated rings. The number of hydrogen-bond acceptors (Lipinski definition) is 8. The molecular formula is C16H15N5O5. The quantitative estimate of drug-likeness (QED) is 0.645. The van der Waals surface area contributed by atoms with Crippen LogP contribution >= 0.6 is 0 Å². The molecule has 4 rings (SSSR count). The number of carbonyl (C=O) groups excluding carboxylic acids is 1. The number of nitrogens with two attached hydrogens (primary N) is 1. The largest absolute Gasteiger partial charge is 0.407 e. The SMILES string of the molecule is Nc1nc2c(ncn2C2COC(OC(=O)c3ccccc3)OC2)c(=O)[nH]1. The van der Waals surface area contributed by atoms with E-state index >= 15 is 0 Å². The van der Waals surface area contributed by atoms with Gasteiger partial charge in [-0.3, -0.25) is 9.78 Å². The predicted octanol–water partition coefficient (Wildman–Crippen LogP) is 0.430. The van der Waals surface area contributed by atoms with Crippen molar-refractivity contribution in [1.29, 1.82) is 0 Å². The summed E-state index contributed by atoms with van der Waals surface area (Å²) < 4.78 is 17.7. The summed E-state index contributed by atoms with van der Waals surface area (Å²) >= 11 is 0. The number of fused-ring (bicyclic) bond motifs is 1. The highest BCUT2D eigenvalue weighted by molar-refractivity contribution is 5.89. The van der Waals surface area contributed by atoms with Crippen molar-refractivity contribution in [3.05, 3.63) is 52.6 Å². The number of nitrogens with one attached hydrogen (secondary N) is 1. The molecule has 1 aliphatic heterocycles. The molecule has 3 aromatic rings. The first-order chi connectivity index (χ1) is 12.6. The van der Waals surface area contributed by atoms with E-state index in [9.17, 15) is 9.59 Å². The third kappa shape index (κ3) is 3.03. The van der Waals surface area contributed by atoms with Crippen molar-refractivity contribution < 1.29 is 19.0 Å². The van der Waals surface area contributed by atoms with Crippen LogP contribution in [0.3, 0.4) is 0 Å². The third-order valence-corrected chi connectivity index (χ3v) is 3.91. The Labute approximate surface area is 146 Å². The van der Waals surface area contributed by atoms with E-state index in [1.165, 1.54) is 6.33 Å². The average Bonchev–Trinajstić information content (AvgIpc) is 3.07. The Kier molecular flexibility index (Phi) is 4.11. The molecule has 10 nitrogen and oxygen atoms in total. The first-order valence-corrected chi connectivity index (χ1v) is 7.83. The molecule has 1 aliphatic rings. The highest BCUT2D eigenvalue weighted by Crippen LogP contribution is 2.21. The maximum Gasteiger partial charge on any atom is 0.342 e. The van der Waals surface area contributed by atoms with Gasteiger partial charge < -0.3 is 24.5 Å². The first kappa shape index (κ1) is 16.2. The van der Waals surface area contributed by atoms with Crippen molar-refractivity contribution in [2.75, 3.05) is 18.9 Å². The molecule has 3 heterocycles. The molecule has 26 heavy (non-hydrogen) atoms. The topological polar surface area (TPSA) is 134 Å². The second-order valence-corrected chi connectivity index (χ2v) is 5.66. The van der Waals surface area contributed by atoms with Crippen LogP contribution in [-0.4, -0.2) is 45.2 Å². The molecule has 0 atom stereocenters. The number of H-pyrrole nitrogens is 1. The van der Waals surface area contributed by atoms with Gasteiger partial charge in [-0.15, -0.1) is 0 Å². The van der Waals surface area contributed by atoms with Crippen molar-refractivity contribution in [2.45, 2.75) is 12.5 Å². The minimum absolute atomic E-state index is 0.00318. The van der Waals surface area contributed by atoms with Gasteiger partial charge in [0.25, 0.3) is 5.56 Å². The van der Waals surface area contributed by atoms with Crippen molar-refractivity contribution in [3.63, 3.8) is 0 Å². The monoisotopic (exact) mass is 357 g/mol. The Bertz CT molecular complexity index is 991. The van der Waals surface area contributed by atoms with E-state index in [2.05, 4.69) is 15.0 Å². The fourth-order valence-electron chi connectivity index (χ4n) is 2.64. The smallest absolute Gasteiger partial charge is 0.342 e. The molecular weight excluding hydrogens is 342 g/mol. The lowest BCUT2D eigenvalue weighted by molar-refractivity contribution is -0.296. The lowest BCUT2D eigenvalue weighted by Crippen LogP contribution is -2.36. The van der Waals surface area contributed by atoms with Crippen LogP contribution in [0.2, 0.25) is 0 Å². The van der Waals surface area contributed by atoms with Crippen LogP contribution in [-0.2, 0) is 14.2 Å². The number of anilines is 1.